The van der Waals surface area contributed by atoms with Gasteiger partial charge in [0.05, 0.1) is 12.2 Å². The Balaban J connectivity index is 2.20. The Labute approximate surface area is 129 Å². The van der Waals surface area contributed by atoms with Gasteiger partial charge in [-0.3, -0.25) is 0 Å². The molecular formula is C18H18O4. The van der Waals surface area contributed by atoms with Crippen molar-refractivity contribution in [2.75, 3.05) is 6.61 Å². The van der Waals surface area contributed by atoms with E-state index in [1.807, 2.05) is 32.0 Å². The molecule has 0 bridgehead atoms. The molecule has 1 aliphatic rings. The molecule has 4 nitrogen and oxygen atoms in total. The number of aryl methyl sites for hydroxylation is 1. The highest BCUT2D eigenvalue weighted by Gasteiger charge is 2.29. The fourth-order valence-electron chi connectivity index (χ4n) is 3.19. The molecule has 1 heterocycles. The SMILES string of the molecule is Cc1cc2c(c(C)c1O)OCCC2c1ccccc1C(=O)O. The van der Waals surface area contributed by atoms with Gasteiger partial charge in [0.1, 0.15) is 11.5 Å². The van der Waals surface area contributed by atoms with Gasteiger partial charge in [-0.1, -0.05) is 18.2 Å². The highest BCUT2D eigenvalue weighted by molar-refractivity contribution is 5.90. The van der Waals surface area contributed by atoms with Crippen LogP contribution in [0.4, 0.5) is 0 Å². The predicted octanol–water partition coefficient (Wildman–Crippen LogP) is 3.62. The summed E-state index contributed by atoms with van der Waals surface area (Å²) in [5.41, 5.74) is 3.56. The Kier molecular flexibility index (Phi) is 3.53. The number of ether oxygens (including phenoxy) is 1. The van der Waals surface area contributed by atoms with Crippen LogP contribution in [0.25, 0.3) is 0 Å². The third-order valence-electron chi connectivity index (χ3n) is 4.30. The van der Waals surface area contributed by atoms with Crippen LogP contribution in [0.3, 0.4) is 0 Å². The van der Waals surface area contributed by atoms with Gasteiger partial charge in [0.2, 0.25) is 0 Å². The Morgan fingerprint density at radius 2 is 1.95 bits per heavy atom. The second-order valence-electron chi connectivity index (χ2n) is 5.67. The number of rotatable bonds is 2. The van der Waals surface area contributed by atoms with E-state index in [0.29, 0.717) is 23.5 Å². The molecule has 4 heteroatoms. The van der Waals surface area contributed by atoms with Crippen LogP contribution in [0, 0.1) is 13.8 Å². The molecule has 2 N–H and O–H groups in total. The van der Waals surface area contributed by atoms with E-state index in [1.54, 1.807) is 12.1 Å². The Morgan fingerprint density at radius 3 is 2.68 bits per heavy atom. The van der Waals surface area contributed by atoms with E-state index in [0.717, 1.165) is 23.1 Å². The van der Waals surface area contributed by atoms with E-state index in [4.69, 9.17) is 4.74 Å². The lowest BCUT2D eigenvalue weighted by Gasteiger charge is -2.29. The molecule has 1 unspecified atom stereocenters. The molecular weight excluding hydrogens is 280 g/mol. The normalized spacial score (nSPS) is 16.7. The first-order chi connectivity index (χ1) is 10.5. The number of benzene rings is 2. The first-order valence-corrected chi connectivity index (χ1v) is 7.28. The summed E-state index contributed by atoms with van der Waals surface area (Å²) < 4.78 is 5.73. The molecule has 1 atom stereocenters. The number of carboxylic acid groups (broad SMARTS) is 1. The van der Waals surface area contributed by atoms with Gasteiger partial charge in [-0.15, -0.1) is 0 Å². The van der Waals surface area contributed by atoms with Gasteiger partial charge in [0.15, 0.2) is 0 Å². The maximum Gasteiger partial charge on any atom is 0.335 e. The number of aromatic hydroxyl groups is 1. The molecule has 0 amide bonds. The highest BCUT2D eigenvalue weighted by atomic mass is 16.5. The van der Waals surface area contributed by atoms with Gasteiger partial charge in [0.25, 0.3) is 0 Å². The van der Waals surface area contributed by atoms with Crippen molar-refractivity contribution in [3.05, 3.63) is 58.1 Å². The molecule has 3 rings (SSSR count). The molecule has 2 aromatic carbocycles. The van der Waals surface area contributed by atoms with Crippen molar-refractivity contribution >= 4 is 5.97 Å². The van der Waals surface area contributed by atoms with Crippen molar-refractivity contribution < 1.29 is 19.7 Å². The molecule has 0 saturated heterocycles. The average molecular weight is 298 g/mol. The summed E-state index contributed by atoms with van der Waals surface area (Å²) in [5, 5.41) is 19.5. The number of phenols is 1. The van der Waals surface area contributed by atoms with Crippen molar-refractivity contribution in [3.63, 3.8) is 0 Å². The van der Waals surface area contributed by atoms with E-state index in [-0.39, 0.29) is 11.7 Å². The summed E-state index contributed by atoms with van der Waals surface area (Å²) in [6.45, 7) is 4.18. The third kappa shape index (κ3) is 2.21. The van der Waals surface area contributed by atoms with Crippen LogP contribution < -0.4 is 4.74 Å². The number of hydrogen-bond donors (Lipinski definition) is 2. The van der Waals surface area contributed by atoms with Crippen LogP contribution in [0.1, 0.15) is 45.0 Å². The number of hydrogen-bond acceptors (Lipinski definition) is 3. The minimum atomic E-state index is -0.920. The highest BCUT2D eigenvalue weighted by Crippen LogP contribution is 2.44. The van der Waals surface area contributed by atoms with Crippen molar-refractivity contribution in [2.24, 2.45) is 0 Å². The average Bonchev–Trinajstić information content (AvgIpc) is 2.52. The Morgan fingerprint density at radius 1 is 1.23 bits per heavy atom. The van der Waals surface area contributed by atoms with Crippen molar-refractivity contribution in [2.45, 2.75) is 26.2 Å². The number of phenolic OH excluding ortho intramolecular Hbond substituents is 1. The van der Waals surface area contributed by atoms with Gasteiger partial charge >= 0.3 is 5.97 Å². The largest absolute Gasteiger partial charge is 0.507 e. The van der Waals surface area contributed by atoms with E-state index in [9.17, 15) is 15.0 Å². The minimum absolute atomic E-state index is 0.0333. The third-order valence-corrected chi connectivity index (χ3v) is 4.30. The lowest BCUT2D eigenvalue weighted by Crippen LogP contribution is -2.18. The standard InChI is InChI=1S/C18H18O4/c1-10-9-15-13(7-8-22-17(15)11(2)16(10)19)12-5-3-4-6-14(12)18(20)21/h3-6,9,13,19H,7-8H2,1-2H3,(H,20,21). The van der Waals surface area contributed by atoms with E-state index >= 15 is 0 Å². The van der Waals surface area contributed by atoms with Gasteiger partial charge in [0, 0.05) is 17.0 Å². The van der Waals surface area contributed by atoms with Gasteiger partial charge in [-0.2, -0.15) is 0 Å². The maximum absolute atomic E-state index is 11.5. The van der Waals surface area contributed by atoms with Crippen LogP contribution in [0.15, 0.2) is 30.3 Å². The van der Waals surface area contributed by atoms with Crippen LogP contribution in [0.2, 0.25) is 0 Å². The van der Waals surface area contributed by atoms with E-state index in [1.165, 1.54) is 0 Å². The van der Waals surface area contributed by atoms with E-state index in [2.05, 4.69) is 0 Å². The molecule has 0 radical (unpaired) electrons. The Hall–Kier alpha value is -2.49. The zero-order chi connectivity index (χ0) is 15.9. The molecule has 0 aliphatic carbocycles. The molecule has 0 aromatic heterocycles. The van der Waals surface area contributed by atoms with E-state index < -0.39 is 5.97 Å². The van der Waals surface area contributed by atoms with Gasteiger partial charge in [-0.25, -0.2) is 4.79 Å². The first-order valence-electron chi connectivity index (χ1n) is 7.28. The molecule has 0 saturated carbocycles. The summed E-state index contributed by atoms with van der Waals surface area (Å²) in [6.07, 6.45) is 0.723. The fraction of sp³-hybridized carbons (Fsp3) is 0.278. The second kappa shape index (κ2) is 5.37. The second-order valence-corrected chi connectivity index (χ2v) is 5.67. The zero-order valence-electron chi connectivity index (χ0n) is 12.6. The summed E-state index contributed by atoms with van der Waals surface area (Å²) in [6, 6.07) is 8.99. The van der Waals surface area contributed by atoms with Crippen molar-refractivity contribution in [1.29, 1.82) is 0 Å². The zero-order valence-corrected chi connectivity index (χ0v) is 12.6. The molecule has 22 heavy (non-hydrogen) atoms. The topological polar surface area (TPSA) is 66.8 Å². The van der Waals surface area contributed by atoms with Gasteiger partial charge < -0.3 is 14.9 Å². The van der Waals surface area contributed by atoms with Crippen LogP contribution >= 0.6 is 0 Å². The lowest BCUT2D eigenvalue weighted by molar-refractivity contribution is 0.0695. The lowest BCUT2D eigenvalue weighted by atomic mass is 9.82. The number of fused-ring (bicyclic) bond motifs is 1. The Bertz CT molecular complexity index is 749. The smallest absolute Gasteiger partial charge is 0.335 e. The monoisotopic (exact) mass is 298 g/mol. The molecule has 0 spiro atoms. The van der Waals surface area contributed by atoms with Gasteiger partial charge in [-0.05, 0) is 43.5 Å². The van der Waals surface area contributed by atoms with Crippen molar-refractivity contribution in [3.8, 4) is 11.5 Å². The summed E-state index contributed by atoms with van der Waals surface area (Å²) >= 11 is 0. The quantitative estimate of drug-likeness (QED) is 0.888. The fourth-order valence-corrected chi connectivity index (χ4v) is 3.19. The van der Waals surface area contributed by atoms with Crippen LogP contribution in [-0.2, 0) is 0 Å². The maximum atomic E-state index is 11.5. The van der Waals surface area contributed by atoms with Crippen molar-refractivity contribution in [1.82, 2.24) is 0 Å². The number of aromatic carboxylic acids is 1. The minimum Gasteiger partial charge on any atom is -0.507 e. The molecule has 1 aliphatic heterocycles. The summed E-state index contributed by atoms with van der Waals surface area (Å²) in [4.78, 5) is 11.5. The molecule has 0 fully saturated rings. The first kappa shape index (κ1) is 14.4. The summed E-state index contributed by atoms with van der Waals surface area (Å²) in [7, 11) is 0. The molecule has 2 aromatic rings. The number of carbonyl (C=O) groups is 1. The number of carboxylic acids is 1. The summed E-state index contributed by atoms with van der Waals surface area (Å²) in [5.74, 6) is -0.0321. The van der Waals surface area contributed by atoms with Crippen LogP contribution in [-0.4, -0.2) is 22.8 Å². The molecule has 114 valence electrons. The van der Waals surface area contributed by atoms with Crippen LogP contribution in [0.5, 0.6) is 11.5 Å². The predicted molar refractivity (Wildman–Crippen MR) is 82.9 cm³/mol.